The summed E-state index contributed by atoms with van der Waals surface area (Å²) in [7, 11) is 1.30. The van der Waals surface area contributed by atoms with Gasteiger partial charge < -0.3 is 20.3 Å². The van der Waals surface area contributed by atoms with Gasteiger partial charge in [-0.25, -0.2) is 4.79 Å². The van der Waals surface area contributed by atoms with Crippen molar-refractivity contribution in [3.8, 4) is 0 Å². The zero-order valence-electron chi connectivity index (χ0n) is 15.0. The van der Waals surface area contributed by atoms with Gasteiger partial charge in [0.15, 0.2) is 0 Å². The third-order valence-corrected chi connectivity index (χ3v) is 5.81. The molecule has 7 nitrogen and oxygen atoms in total. The molecule has 0 aromatic carbocycles. The molecule has 1 aliphatic heterocycles. The summed E-state index contributed by atoms with van der Waals surface area (Å²) >= 11 is 0. The van der Waals surface area contributed by atoms with Gasteiger partial charge in [-0.15, -0.1) is 0 Å². The number of ether oxygens (including phenoxy) is 1. The van der Waals surface area contributed by atoms with Crippen LogP contribution < -0.4 is 10.6 Å². The van der Waals surface area contributed by atoms with E-state index in [0.717, 1.165) is 51.4 Å². The monoisotopic (exact) mass is 351 g/mol. The van der Waals surface area contributed by atoms with Gasteiger partial charge in [-0.2, -0.15) is 0 Å². The van der Waals surface area contributed by atoms with Gasteiger partial charge >= 0.3 is 12.0 Å². The number of fused-ring (bicyclic) bond motifs is 1. The average Bonchev–Trinajstić information content (AvgIpc) is 2.62. The number of carbonyl (C=O) groups excluding carboxylic acids is 3. The Morgan fingerprint density at radius 1 is 1.12 bits per heavy atom. The topological polar surface area (TPSA) is 87.7 Å². The van der Waals surface area contributed by atoms with Crippen molar-refractivity contribution in [2.75, 3.05) is 7.11 Å². The van der Waals surface area contributed by atoms with Gasteiger partial charge in [0.25, 0.3) is 0 Å². The van der Waals surface area contributed by atoms with Crippen LogP contribution in [0, 0.1) is 0 Å². The van der Waals surface area contributed by atoms with E-state index in [-0.39, 0.29) is 36.5 Å². The first-order valence-electron chi connectivity index (χ1n) is 9.56. The fraction of sp³-hybridized carbons (Fsp3) is 0.833. The molecule has 25 heavy (non-hydrogen) atoms. The van der Waals surface area contributed by atoms with Gasteiger partial charge in [-0.1, -0.05) is 32.1 Å². The Balaban J connectivity index is 1.77. The van der Waals surface area contributed by atoms with Crippen LogP contribution in [0.15, 0.2) is 0 Å². The molecular weight excluding hydrogens is 322 g/mol. The second-order valence-corrected chi connectivity index (χ2v) is 7.45. The second-order valence-electron chi connectivity index (χ2n) is 7.45. The van der Waals surface area contributed by atoms with Crippen molar-refractivity contribution in [3.63, 3.8) is 0 Å². The maximum atomic E-state index is 13.0. The Labute approximate surface area is 148 Å². The maximum absolute atomic E-state index is 13.0. The molecule has 2 aliphatic carbocycles. The quantitative estimate of drug-likeness (QED) is 0.758. The molecule has 3 amide bonds. The van der Waals surface area contributed by atoms with Gasteiger partial charge in [0.2, 0.25) is 5.91 Å². The number of nitrogens with one attached hydrogen (secondary N) is 2. The van der Waals surface area contributed by atoms with E-state index in [9.17, 15) is 14.4 Å². The summed E-state index contributed by atoms with van der Waals surface area (Å²) in [5.41, 5.74) is 0. The molecule has 2 N–H and O–H groups in total. The van der Waals surface area contributed by atoms with Crippen LogP contribution in [0.5, 0.6) is 0 Å². The van der Waals surface area contributed by atoms with Gasteiger partial charge in [0, 0.05) is 12.1 Å². The van der Waals surface area contributed by atoms with Gasteiger partial charge in [-0.3, -0.25) is 9.59 Å². The number of methoxy groups -OCH3 is 1. The van der Waals surface area contributed by atoms with Crippen LogP contribution in [0.3, 0.4) is 0 Å². The first kappa shape index (κ1) is 18.0. The fourth-order valence-electron chi connectivity index (χ4n) is 4.47. The van der Waals surface area contributed by atoms with Crippen LogP contribution in [-0.4, -0.2) is 54.1 Å². The van der Waals surface area contributed by atoms with Crippen LogP contribution >= 0.6 is 0 Å². The van der Waals surface area contributed by atoms with Crippen LogP contribution in [0.25, 0.3) is 0 Å². The molecule has 3 rings (SSSR count). The molecule has 0 bridgehead atoms. The highest BCUT2D eigenvalue weighted by Crippen LogP contribution is 2.30. The standard InChI is InChI=1S/C18H29N3O4/c1-25-16(22)11-15-17(23)20-13-9-5-6-10-14(13)21(15)18(24)19-12-7-3-2-4-8-12/h12-15H,2-11H2,1H3,(H,19,24)(H,20,23). The zero-order chi connectivity index (χ0) is 17.8. The Morgan fingerprint density at radius 3 is 2.52 bits per heavy atom. The molecule has 3 atom stereocenters. The summed E-state index contributed by atoms with van der Waals surface area (Å²) < 4.78 is 4.74. The minimum absolute atomic E-state index is 0.00717. The number of nitrogens with zero attached hydrogens (tertiary/aromatic N) is 1. The second kappa shape index (κ2) is 8.06. The van der Waals surface area contributed by atoms with Gasteiger partial charge in [0.1, 0.15) is 6.04 Å². The van der Waals surface area contributed by atoms with Gasteiger partial charge in [-0.05, 0) is 25.7 Å². The Bertz CT molecular complexity index is 518. The summed E-state index contributed by atoms with van der Waals surface area (Å²) in [4.78, 5) is 39.0. The number of piperazine rings is 1. The molecule has 0 spiro atoms. The lowest BCUT2D eigenvalue weighted by Gasteiger charge is -2.48. The minimum Gasteiger partial charge on any atom is -0.469 e. The maximum Gasteiger partial charge on any atom is 0.318 e. The van der Waals surface area contributed by atoms with Crippen LogP contribution in [0.2, 0.25) is 0 Å². The summed E-state index contributed by atoms with van der Waals surface area (Å²) in [6.07, 6.45) is 9.19. The van der Waals surface area contributed by atoms with E-state index in [4.69, 9.17) is 4.74 Å². The van der Waals surface area contributed by atoms with E-state index in [1.807, 2.05) is 0 Å². The molecule has 1 saturated heterocycles. The Kier molecular flexibility index (Phi) is 5.81. The van der Waals surface area contributed by atoms with E-state index < -0.39 is 12.0 Å². The lowest BCUT2D eigenvalue weighted by molar-refractivity contribution is -0.147. The van der Waals surface area contributed by atoms with E-state index in [1.54, 1.807) is 4.90 Å². The number of esters is 1. The summed E-state index contributed by atoms with van der Waals surface area (Å²) in [6.45, 7) is 0. The number of carbonyl (C=O) groups is 3. The predicted molar refractivity (Wildman–Crippen MR) is 91.9 cm³/mol. The number of urea groups is 1. The Hall–Kier alpha value is -1.79. The lowest BCUT2D eigenvalue weighted by Crippen LogP contribution is -2.69. The normalized spacial score (nSPS) is 30.2. The first-order valence-corrected chi connectivity index (χ1v) is 9.56. The molecule has 2 saturated carbocycles. The molecule has 3 fully saturated rings. The molecule has 1 heterocycles. The van der Waals surface area contributed by atoms with Crippen LogP contribution in [0.4, 0.5) is 4.79 Å². The summed E-state index contributed by atoms with van der Waals surface area (Å²) in [5, 5.41) is 6.14. The highest BCUT2D eigenvalue weighted by atomic mass is 16.5. The van der Waals surface area contributed by atoms with E-state index in [2.05, 4.69) is 10.6 Å². The Morgan fingerprint density at radius 2 is 1.80 bits per heavy atom. The average molecular weight is 351 g/mol. The number of hydrogen-bond donors (Lipinski definition) is 2. The minimum atomic E-state index is -0.782. The highest BCUT2D eigenvalue weighted by molar-refractivity contribution is 5.92. The number of hydrogen-bond acceptors (Lipinski definition) is 4. The largest absolute Gasteiger partial charge is 0.469 e. The van der Waals surface area contributed by atoms with E-state index in [1.165, 1.54) is 13.5 Å². The molecule has 3 aliphatic rings. The van der Waals surface area contributed by atoms with Crippen LogP contribution in [0.1, 0.15) is 64.2 Å². The molecule has 140 valence electrons. The molecule has 3 unspecified atom stereocenters. The third-order valence-electron chi connectivity index (χ3n) is 5.81. The van der Waals surface area contributed by atoms with Crippen molar-refractivity contribution in [3.05, 3.63) is 0 Å². The number of amides is 3. The number of rotatable bonds is 3. The fourth-order valence-corrected chi connectivity index (χ4v) is 4.47. The van der Waals surface area contributed by atoms with E-state index in [0.29, 0.717) is 0 Å². The smallest absolute Gasteiger partial charge is 0.318 e. The first-order chi connectivity index (χ1) is 12.1. The van der Waals surface area contributed by atoms with Crippen molar-refractivity contribution >= 4 is 17.9 Å². The van der Waals surface area contributed by atoms with Crippen molar-refractivity contribution in [2.45, 2.75) is 88.4 Å². The molecular formula is C18H29N3O4. The van der Waals surface area contributed by atoms with Crippen LogP contribution in [-0.2, 0) is 14.3 Å². The SMILES string of the molecule is COC(=O)CC1C(=O)NC2CCCCC2N1C(=O)NC1CCCCC1. The molecule has 0 aromatic heterocycles. The molecule has 0 radical (unpaired) electrons. The molecule has 0 aromatic rings. The zero-order valence-corrected chi connectivity index (χ0v) is 15.0. The van der Waals surface area contributed by atoms with E-state index >= 15 is 0 Å². The van der Waals surface area contributed by atoms with Gasteiger partial charge in [0.05, 0.1) is 19.6 Å². The summed E-state index contributed by atoms with van der Waals surface area (Å²) in [5.74, 6) is -0.711. The highest BCUT2D eigenvalue weighted by Gasteiger charge is 2.46. The third kappa shape index (κ3) is 4.07. The lowest BCUT2D eigenvalue weighted by atomic mass is 9.85. The van der Waals surface area contributed by atoms with Crippen molar-refractivity contribution < 1.29 is 19.1 Å². The molecule has 7 heteroatoms. The van der Waals surface area contributed by atoms with Crippen molar-refractivity contribution in [1.82, 2.24) is 15.5 Å². The van der Waals surface area contributed by atoms with Crippen molar-refractivity contribution in [2.24, 2.45) is 0 Å². The summed E-state index contributed by atoms with van der Waals surface area (Å²) in [6, 6.07) is -0.855. The van der Waals surface area contributed by atoms with Crippen molar-refractivity contribution in [1.29, 1.82) is 0 Å². The predicted octanol–water partition coefficient (Wildman–Crippen LogP) is 1.70.